The highest BCUT2D eigenvalue weighted by molar-refractivity contribution is 7.89. The number of nitrogens with one attached hydrogen (secondary N) is 1. The molecule has 0 aliphatic heterocycles. The predicted octanol–water partition coefficient (Wildman–Crippen LogP) is 1.76. The summed E-state index contributed by atoms with van der Waals surface area (Å²) in [6, 6.07) is 3.57. The first-order chi connectivity index (χ1) is 9.93. The maximum absolute atomic E-state index is 12.3. The monoisotopic (exact) mass is 330 g/mol. The van der Waals surface area contributed by atoms with Crippen LogP contribution in [0.25, 0.3) is 0 Å². The Bertz CT molecular complexity index is 661. The van der Waals surface area contributed by atoms with E-state index >= 15 is 0 Å². The van der Waals surface area contributed by atoms with Gasteiger partial charge in [0, 0.05) is 18.2 Å². The van der Waals surface area contributed by atoms with Crippen molar-refractivity contribution in [2.75, 3.05) is 0 Å². The van der Waals surface area contributed by atoms with Gasteiger partial charge in [0.15, 0.2) is 0 Å². The smallest absolute Gasteiger partial charge is 0.304 e. The summed E-state index contributed by atoms with van der Waals surface area (Å²) < 4.78 is 26.9. The zero-order chi connectivity index (χ0) is 17.1. The Balaban J connectivity index is 3.06. The van der Waals surface area contributed by atoms with E-state index in [2.05, 4.69) is 4.72 Å². The fraction of sp³-hybridized carbons (Fsp3) is 0.462. The number of hydrogen-bond acceptors (Lipinski definition) is 5. The highest BCUT2D eigenvalue weighted by Crippen LogP contribution is 2.24. The number of hydrogen-bond donors (Lipinski definition) is 2. The number of nitro groups is 1. The van der Waals surface area contributed by atoms with Gasteiger partial charge in [-0.15, -0.1) is 0 Å². The van der Waals surface area contributed by atoms with Gasteiger partial charge in [-0.3, -0.25) is 14.9 Å². The van der Waals surface area contributed by atoms with E-state index in [4.69, 9.17) is 5.11 Å². The van der Waals surface area contributed by atoms with Gasteiger partial charge in [-0.05, 0) is 17.5 Å². The highest BCUT2D eigenvalue weighted by Gasteiger charge is 2.31. The van der Waals surface area contributed by atoms with Crippen LogP contribution in [0.2, 0.25) is 0 Å². The summed E-state index contributed by atoms with van der Waals surface area (Å²) >= 11 is 0. The lowest BCUT2D eigenvalue weighted by atomic mass is 9.85. The van der Waals surface area contributed by atoms with Crippen molar-refractivity contribution in [2.45, 2.75) is 38.1 Å². The molecule has 0 amide bonds. The van der Waals surface area contributed by atoms with Gasteiger partial charge in [0.25, 0.3) is 5.69 Å². The fourth-order valence-corrected chi connectivity index (χ4v) is 3.14. The highest BCUT2D eigenvalue weighted by atomic mass is 32.2. The van der Waals surface area contributed by atoms with Crippen molar-refractivity contribution >= 4 is 21.7 Å². The van der Waals surface area contributed by atoms with Crippen molar-refractivity contribution in [3.63, 3.8) is 0 Å². The summed E-state index contributed by atoms with van der Waals surface area (Å²) in [7, 11) is -3.97. The molecule has 9 heteroatoms. The van der Waals surface area contributed by atoms with E-state index < -0.39 is 32.4 Å². The lowest BCUT2D eigenvalue weighted by Crippen LogP contribution is -2.44. The van der Waals surface area contributed by atoms with Crippen molar-refractivity contribution in [2.24, 2.45) is 5.41 Å². The van der Waals surface area contributed by atoms with Crippen molar-refractivity contribution in [3.8, 4) is 0 Å². The molecule has 2 N–H and O–H groups in total. The van der Waals surface area contributed by atoms with Crippen molar-refractivity contribution in [1.29, 1.82) is 0 Å². The standard InChI is InChI=1S/C13H18N2O6S/c1-13(2,3)11(8-12(16)17)14-22(20,21)10-6-4-9(5-7-10)15(18)19/h4-7,11,14H,8H2,1-3H3,(H,16,17)/t11-/m1/s1. The molecule has 0 fully saturated rings. The topological polar surface area (TPSA) is 127 Å². The fourth-order valence-electron chi connectivity index (χ4n) is 1.70. The second-order valence-electron chi connectivity index (χ2n) is 5.89. The normalized spacial score (nSPS) is 13.6. The Labute approximate surface area is 128 Å². The van der Waals surface area contributed by atoms with Crippen LogP contribution in [-0.4, -0.2) is 30.5 Å². The molecule has 0 aromatic heterocycles. The van der Waals surface area contributed by atoms with Gasteiger partial charge in [0.1, 0.15) is 0 Å². The number of nitro benzene ring substituents is 1. The summed E-state index contributed by atoms with van der Waals surface area (Å²) in [4.78, 5) is 20.7. The van der Waals surface area contributed by atoms with Gasteiger partial charge in [0.2, 0.25) is 10.0 Å². The molecule has 0 bridgehead atoms. The third kappa shape index (κ3) is 4.78. The number of aliphatic carboxylic acids is 1. The second-order valence-corrected chi connectivity index (χ2v) is 7.60. The first-order valence-electron chi connectivity index (χ1n) is 6.42. The van der Waals surface area contributed by atoms with E-state index in [0.717, 1.165) is 24.3 Å². The van der Waals surface area contributed by atoms with Crippen molar-refractivity contribution < 1.29 is 23.2 Å². The zero-order valence-corrected chi connectivity index (χ0v) is 13.3. The van der Waals surface area contributed by atoms with Crippen LogP contribution in [0.5, 0.6) is 0 Å². The Hall–Kier alpha value is -2.00. The largest absolute Gasteiger partial charge is 0.481 e. The van der Waals surface area contributed by atoms with Crippen molar-refractivity contribution in [1.82, 2.24) is 4.72 Å². The van der Waals surface area contributed by atoms with Crippen molar-refractivity contribution in [3.05, 3.63) is 34.4 Å². The lowest BCUT2D eigenvalue weighted by Gasteiger charge is -2.30. The third-order valence-electron chi connectivity index (χ3n) is 3.08. The van der Waals surface area contributed by atoms with Crippen LogP contribution in [0.3, 0.4) is 0 Å². The van der Waals surface area contributed by atoms with Gasteiger partial charge < -0.3 is 5.11 Å². The second kappa shape index (κ2) is 6.41. The van der Waals surface area contributed by atoms with E-state index in [-0.39, 0.29) is 17.0 Å². The number of carboxylic acids is 1. The van der Waals surface area contributed by atoms with Crippen LogP contribution in [-0.2, 0) is 14.8 Å². The zero-order valence-electron chi connectivity index (χ0n) is 12.4. The number of carboxylic acid groups (broad SMARTS) is 1. The quantitative estimate of drug-likeness (QED) is 0.604. The maximum atomic E-state index is 12.3. The first-order valence-corrected chi connectivity index (χ1v) is 7.90. The number of benzene rings is 1. The molecule has 0 saturated carbocycles. The van der Waals surface area contributed by atoms with Crippen LogP contribution in [0, 0.1) is 15.5 Å². The third-order valence-corrected chi connectivity index (χ3v) is 4.57. The molecule has 0 saturated heterocycles. The predicted molar refractivity (Wildman–Crippen MR) is 78.9 cm³/mol. The molecule has 22 heavy (non-hydrogen) atoms. The van der Waals surface area contributed by atoms with Crippen LogP contribution < -0.4 is 4.72 Å². The summed E-state index contributed by atoms with van der Waals surface area (Å²) in [6.07, 6.45) is -0.365. The van der Waals surface area contributed by atoms with Crippen LogP contribution in [0.15, 0.2) is 29.2 Å². The average Bonchev–Trinajstić information content (AvgIpc) is 2.36. The molecule has 1 aromatic carbocycles. The molecule has 1 atom stereocenters. The van der Waals surface area contributed by atoms with Gasteiger partial charge in [0.05, 0.1) is 16.2 Å². The molecule has 8 nitrogen and oxygen atoms in total. The van der Waals surface area contributed by atoms with E-state index in [9.17, 15) is 23.3 Å². The summed E-state index contributed by atoms with van der Waals surface area (Å²) in [5.74, 6) is -1.12. The molecule has 0 aliphatic carbocycles. The molecular formula is C13H18N2O6S. The molecule has 0 unspecified atom stereocenters. The van der Waals surface area contributed by atoms with Gasteiger partial charge in [-0.25, -0.2) is 13.1 Å². The van der Waals surface area contributed by atoms with E-state index in [1.165, 1.54) is 0 Å². The van der Waals surface area contributed by atoms with Crippen LogP contribution in [0.1, 0.15) is 27.2 Å². The SMILES string of the molecule is CC(C)(C)[C@@H](CC(=O)O)NS(=O)(=O)c1ccc([N+](=O)[O-])cc1. The number of carbonyl (C=O) groups is 1. The Kier molecular flexibility index (Phi) is 5.26. The summed E-state index contributed by atoms with van der Waals surface area (Å²) in [5.41, 5.74) is -0.830. The Morgan fingerprint density at radius 3 is 2.18 bits per heavy atom. The average molecular weight is 330 g/mol. The van der Waals surface area contributed by atoms with Crippen LogP contribution >= 0.6 is 0 Å². The number of rotatable bonds is 6. The molecular weight excluding hydrogens is 312 g/mol. The molecule has 0 spiro atoms. The van der Waals surface area contributed by atoms with E-state index in [1.807, 2.05) is 0 Å². The molecule has 0 radical (unpaired) electrons. The maximum Gasteiger partial charge on any atom is 0.304 e. The molecule has 0 heterocycles. The van der Waals surface area contributed by atoms with E-state index in [0.29, 0.717) is 0 Å². The van der Waals surface area contributed by atoms with Gasteiger partial charge >= 0.3 is 5.97 Å². The van der Waals surface area contributed by atoms with Gasteiger partial charge in [-0.2, -0.15) is 0 Å². The van der Waals surface area contributed by atoms with Gasteiger partial charge in [-0.1, -0.05) is 20.8 Å². The first kappa shape index (κ1) is 18.1. The number of non-ortho nitro benzene ring substituents is 1. The van der Waals surface area contributed by atoms with E-state index in [1.54, 1.807) is 20.8 Å². The molecule has 1 rings (SSSR count). The molecule has 0 aliphatic rings. The Morgan fingerprint density at radius 2 is 1.82 bits per heavy atom. The Morgan fingerprint density at radius 1 is 1.32 bits per heavy atom. The minimum Gasteiger partial charge on any atom is -0.481 e. The molecule has 1 aromatic rings. The summed E-state index contributed by atoms with van der Waals surface area (Å²) in [6.45, 7) is 5.16. The van der Waals surface area contributed by atoms with Crippen LogP contribution in [0.4, 0.5) is 5.69 Å². The minimum absolute atomic E-state index is 0.155. The number of nitrogens with zero attached hydrogens (tertiary/aromatic N) is 1. The number of sulfonamides is 1. The minimum atomic E-state index is -3.97. The lowest BCUT2D eigenvalue weighted by molar-refractivity contribution is -0.384. The summed E-state index contributed by atoms with van der Waals surface area (Å²) in [5, 5.41) is 19.5. The molecule has 122 valence electrons.